The lowest BCUT2D eigenvalue weighted by Gasteiger charge is -2.27. The molecule has 0 amide bonds. The maximum Gasteiger partial charge on any atom is 0.304 e. The Morgan fingerprint density at radius 3 is 2.70 bits per heavy atom. The van der Waals surface area contributed by atoms with Crippen molar-refractivity contribution >= 4 is 5.97 Å². The summed E-state index contributed by atoms with van der Waals surface area (Å²) < 4.78 is 0. The number of rotatable bonds is 7. The zero-order valence-corrected chi connectivity index (χ0v) is 14.7. The number of hydrogen-bond donors (Lipinski definition) is 3. The Bertz CT molecular complexity index is 499. The van der Waals surface area contributed by atoms with Crippen molar-refractivity contribution in [3.8, 4) is 0 Å². The van der Waals surface area contributed by atoms with Gasteiger partial charge in [0.1, 0.15) is 0 Å². The number of carbonyl (C=O) groups is 1. The highest BCUT2D eigenvalue weighted by Crippen LogP contribution is 2.28. The number of nitrogens with one attached hydrogen (secondary N) is 2. The zero-order chi connectivity index (χ0) is 16.9. The first-order chi connectivity index (χ1) is 10.9. The van der Waals surface area contributed by atoms with Gasteiger partial charge in [0.05, 0.1) is 12.6 Å². The van der Waals surface area contributed by atoms with Gasteiger partial charge >= 0.3 is 5.97 Å². The molecule has 0 unspecified atom stereocenters. The third-order valence-electron chi connectivity index (χ3n) is 4.81. The van der Waals surface area contributed by atoms with Gasteiger partial charge in [-0.3, -0.25) is 9.89 Å². The highest BCUT2D eigenvalue weighted by atomic mass is 16.4. The van der Waals surface area contributed by atoms with Crippen molar-refractivity contribution in [3.05, 3.63) is 17.5 Å². The lowest BCUT2D eigenvalue weighted by Crippen LogP contribution is -2.34. The molecule has 5 heteroatoms. The van der Waals surface area contributed by atoms with Crippen molar-refractivity contribution in [2.75, 3.05) is 0 Å². The number of aliphatic carboxylic acids is 1. The van der Waals surface area contributed by atoms with E-state index >= 15 is 0 Å². The van der Waals surface area contributed by atoms with Gasteiger partial charge in [-0.2, -0.15) is 5.10 Å². The van der Waals surface area contributed by atoms with Gasteiger partial charge < -0.3 is 10.4 Å². The molecule has 1 atom stereocenters. The molecule has 130 valence electrons. The Balaban J connectivity index is 1.95. The summed E-state index contributed by atoms with van der Waals surface area (Å²) in [6.07, 6.45) is 9.42. The maximum atomic E-state index is 11.2. The van der Waals surface area contributed by atoms with E-state index in [-0.39, 0.29) is 17.9 Å². The number of carboxylic acids is 1. The van der Waals surface area contributed by atoms with E-state index in [1.165, 1.54) is 32.1 Å². The molecule has 3 N–H and O–H groups in total. The summed E-state index contributed by atoms with van der Waals surface area (Å²) in [7, 11) is 0. The molecule has 1 aromatic rings. The van der Waals surface area contributed by atoms with Crippen LogP contribution >= 0.6 is 0 Å². The van der Waals surface area contributed by atoms with E-state index in [1.54, 1.807) is 0 Å². The number of aromatic amines is 1. The van der Waals surface area contributed by atoms with Crippen molar-refractivity contribution in [1.29, 1.82) is 0 Å². The summed E-state index contributed by atoms with van der Waals surface area (Å²) in [5.74, 6) is -0.0476. The van der Waals surface area contributed by atoms with Crippen LogP contribution in [-0.4, -0.2) is 27.3 Å². The standard InChI is InChI=1S/C18H31N3O2/c1-18(2,3)17-14(12-20-21-17)11-19-15(10-16(22)23)9-13-7-5-4-6-8-13/h12-13,15,19H,4-11H2,1-3H3,(H,20,21)(H,22,23)/t15-/m1/s1. The maximum absolute atomic E-state index is 11.2. The number of nitrogens with zero attached hydrogens (tertiary/aromatic N) is 1. The first-order valence-corrected chi connectivity index (χ1v) is 8.84. The fourth-order valence-corrected chi connectivity index (χ4v) is 3.62. The summed E-state index contributed by atoms with van der Waals surface area (Å²) in [6.45, 7) is 7.14. The molecule has 23 heavy (non-hydrogen) atoms. The summed E-state index contributed by atoms with van der Waals surface area (Å²) in [4.78, 5) is 11.2. The zero-order valence-electron chi connectivity index (χ0n) is 14.7. The minimum Gasteiger partial charge on any atom is -0.481 e. The van der Waals surface area contributed by atoms with Crippen LogP contribution in [0.3, 0.4) is 0 Å². The van der Waals surface area contributed by atoms with E-state index in [4.69, 9.17) is 0 Å². The van der Waals surface area contributed by atoms with Crippen molar-refractivity contribution in [2.24, 2.45) is 5.92 Å². The smallest absolute Gasteiger partial charge is 0.304 e. The first kappa shape index (κ1) is 18.0. The van der Waals surface area contributed by atoms with Crippen LogP contribution in [0.15, 0.2) is 6.20 Å². The van der Waals surface area contributed by atoms with Gasteiger partial charge in [0.25, 0.3) is 0 Å². The largest absolute Gasteiger partial charge is 0.481 e. The Morgan fingerprint density at radius 1 is 1.39 bits per heavy atom. The lowest BCUT2D eigenvalue weighted by atomic mass is 9.84. The van der Waals surface area contributed by atoms with Gasteiger partial charge in [0, 0.05) is 29.3 Å². The third-order valence-corrected chi connectivity index (χ3v) is 4.81. The second kappa shape index (κ2) is 7.95. The van der Waals surface area contributed by atoms with Crippen LogP contribution in [-0.2, 0) is 16.8 Å². The van der Waals surface area contributed by atoms with Crippen molar-refractivity contribution in [1.82, 2.24) is 15.5 Å². The number of hydrogen-bond acceptors (Lipinski definition) is 3. The highest BCUT2D eigenvalue weighted by Gasteiger charge is 2.23. The normalized spacial score (nSPS) is 18.0. The molecule has 0 bridgehead atoms. The molecule has 2 rings (SSSR count). The van der Waals surface area contributed by atoms with E-state index < -0.39 is 5.97 Å². The van der Waals surface area contributed by atoms with Gasteiger partial charge in [-0.15, -0.1) is 0 Å². The molecular formula is C18H31N3O2. The topological polar surface area (TPSA) is 78.0 Å². The Kier molecular flexibility index (Phi) is 6.22. The van der Waals surface area contributed by atoms with Gasteiger partial charge in [-0.1, -0.05) is 52.9 Å². The fraction of sp³-hybridized carbons (Fsp3) is 0.778. The number of carboxylic acid groups (broad SMARTS) is 1. The van der Waals surface area contributed by atoms with E-state index in [0.717, 1.165) is 17.7 Å². The Morgan fingerprint density at radius 2 is 2.09 bits per heavy atom. The monoisotopic (exact) mass is 321 g/mol. The van der Waals surface area contributed by atoms with Crippen LogP contribution in [0.4, 0.5) is 0 Å². The van der Waals surface area contributed by atoms with E-state index in [0.29, 0.717) is 12.5 Å². The van der Waals surface area contributed by atoms with Crippen LogP contribution in [0.5, 0.6) is 0 Å². The minimum atomic E-state index is -0.721. The molecule has 1 heterocycles. The molecule has 1 saturated carbocycles. The Labute approximate surface area is 139 Å². The summed E-state index contributed by atoms with van der Waals surface area (Å²) in [6, 6.07) is 0.0401. The van der Waals surface area contributed by atoms with Gasteiger partial charge in [-0.25, -0.2) is 0 Å². The predicted octanol–water partition coefficient (Wildman–Crippen LogP) is 3.61. The molecule has 0 aliphatic heterocycles. The summed E-state index contributed by atoms with van der Waals surface area (Å²) in [5.41, 5.74) is 2.27. The van der Waals surface area contributed by atoms with Crippen LogP contribution in [0, 0.1) is 5.92 Å². The quantitative estimate of drug-likeness (QED) is 0.717. The number of aromatic nitrogens is 2. The van der Waals surface area contributed by atoms with Crippen molar-refractivity contribution < 1.29 is 9.90 Å². The molecule has 1 aromatic heterocycles. The molecule has 1 aliphatic rings. The van der Waals surface area contributed by atoms with E-state index in [1.807, 2.05) is 6.20 Å². The van der Waals surface area contributed by atoms with Gasteiger partial charge in [0.2, 0.25) is 0 Å². The van der Waals surface area contributed by atoms with Gasteiger partial charge in [-0.05, 0) is 12.3 Å². The minimum absolute atomic E-state index is 0.0131. The second-order valence-electron chi connectivity index (χ2n) is 7.94. The molecule has 5 nitrogen and oxygen atoms in total. The van der Waals surface area contributed by atoms with Crippen LogP contribution in [0.2, 0.25) is 0 Å². The van der Waals surface area contributed by atoms with E-state index in [2.05, 4.69) is 36.3 Å². The van der Waals surface area contributed by atoms with Gasteiger partial charge in [0.15, 0.2) is 0 Å². The average Bonchev–Trinajstić information content (AvgIpc) is 2.94. The average molecular weight is 321 g/mol. The molecule has 0 saturated heterocycles. The lowest BCUT2D eigenvalue weighted by molar-refractivity contribution is -0.137. The fourth-order valence-electron chi connectivity index (χ4n) is 3.62. The van der Waals surface area contributed by atoms with Crippen LogP contribution in [0.25, 0.3) is 0 Å². The predicted molar refractivity (Wildman–Crippen MR) is 91.4 cm³/mol. The molecule has 0 radical (unpaired) electrons. The number of H-pyrrole nitrogens is 1. The highest BCUT2D eigenvalue weighted by molar-refractivity contribution is 5.67. The molecule has 1 fully saturated rings. The first-order valence-electron chi connectivity index (χ1n) is 8.84. The third kappa shape index (κ3) is 5.65. The molecule has 0 spiro atoms. The van der Waals surface area contributed by atoms with Crippen LogP contribution in [0.1, 0.15) is 77.0 Å². The van der Waals surface area contributed by atoms with E-state index in [9.17, 15) is 9.90 Å². The summed E-state index contributed by atoms with van der Waals surface area (Å²) >= 11 is 0. The molecular weight excluding hydrogens is 290 g/mol. The van der Waals surface area contributed by atoms with Crippen LogP contribution < -0.4 is 5.32 Å². The SMILES string of the molecule is CC(C)(C)c1[nH]ncc1CN[C@@H](CC(=O)O)CC1CCCCC1. The molecule has 0 aromatic carbocycles. The molecule has 1 aliphatic carbocycles. The van der Waals surface area contributed by atoms with Crippen molar-refractivity contribution in [2.45, 2.75) is 83.7 Å². The second-order valence-corrected chi connectivity index (χ2v) is 7.94. The Hall–Kier alpha value is -1.36. The van der Waals surface area contributed by atoms with Crippen molar-refractivity contribution in [3.63, 3.8) is 0 Å². The summed E-state index contributed by atoms with van der Waals surface area (Å²) in [5, 5.41) is 19.9.